The highest BCUT2D eigenvalue weighted by Gasteiger charge is 2.13. The van der Waals surface area contributed by atoms with Gasteiger partial charge in [0, 0.05) is 23.6 Å². The lowest BCUT2D eigenvalue weighted by Gasteiger charge is -2.18. The van der Waals surface area contributed by atoms with E-state index in [-0.39, 0.29) is 5.56 Å². The summed E-state index contributed by atoms with van der Waals surface area (Å²) >= 11 is 0. The Morgan fingerprint density at radius 1 is 1.07 bits per heavy atom. The third kappa shape index (κ3) is 3.08. The molecule has 0 saturated carbocycles. The molecule has 5 nitrogen and oxygen atoms in total. The number of H-pyrrole nitrogens is 2. The molecule has 5 heteroatoms. The number of benzene rings is 2. The number of hydrogen-bond donors (Lipinski definition) is 2. The molecular weight excluding hydrogens is 338 g/mol. The van der Waals surface area contributed by atoms with Crippen LogP contribution >= 0.6 is 0 Å². The molecule has 2 heterocycles. The molecule has 2 aromatic carbocycles. The topological polar surface area (TPSA) is 61.1 Å². The van der Waals surface area contributed by atoms with Gasteiger partial charge in [0.2, 0.25) is 0 Å². The van der Waals surface area contributed by atoms with Gasteiger partial charge >= 0.3 is 0 Å². The molecule has 4 aromatic rings. The Bertz CT molecular complexity index is 1170. The maximum atomic E-state index is 12.5. The number of fused-ring (bicyclic) bond motifs is 5. The molecule has 27 heavy (non-hydrogen) atoms. The fourth-order valence-electron chi connectivity index (χ4n) is 3.77. The van der Waals surface area contributed by atoms with E-state index in [1.54, 1.807) is 6.20 Å². The summed E-state index contributed by atoms with van der Waals surface area (Å²) in [6, 6.07) is 10.2. The second-order valence-corrected chi connectivity index (χ2v) is 6.92. The number of ether oxygens (including phenoxy) is 1. The van der Waals surface area contributed by atoms with Crippen LogP contribution in [-0.4, -0.2) is 41.1 Å². The van der Waals surface area contributed by atoms with E-state index in [1.165, 1.54) is 0 Å². The average molecular weight is 363 g/mol. The van der Waals surface area contributed by atoms with Gasteiger partial charge in [0.05, 0.1) is 10.9 Å². The van der Waals surface area contributed by atoms with Crippen LogP contribution in [0.15, 0.2) is 41.3 Å². The van der Waals surface area contributed by atoms with Crippen molar-refractivity contribution in [3.63, 3.8) is 0 Å². The van der Waals surface area contributed by atoms with Crippen LogP contribution in [0.25, 0.3) is 32.6 Å². The normalized spacial score (nSPS) is 11.9. The van der Waals surface area contributed by atoms with E-state index in [0.29, 0.717) is 6.61 Å². The minimum atomic E-state index is -0.0612. The highest BCUT2D eigenvalue weighted by Crippen LogP contribution is 2.33. The number of likely N-dealkylation sites (N-methyl/N-ethyl adjacent to an activating group) is 1. The van der Waals surface area contributed by atoms with E-state index in [0.717, 1.165) is 63.5 Å². The first kappa shape index (κ1) is 17.6. The number of aryl methyl sites for hydroxylation is 1. The smallest absolute Gasteiger partial charge is 0.258 e. The summed E-state index contributed by atoms with van der Waals surface area (Å²) in [4.78, 5) is 21.1. The van der Waals surface area contributed by atoms with Crippen LogP contribution in [0.1, 0.15) is 19.4 Å². The number of aromatic amines is 2. The van der Waals surface area contributed by atoms with Gasteiger partial charge in [-0.2, -0.15) is 0 Å². The summed E-state index contributed by atoms with van der Waals surface area (Å²) in [5.74, 6) is 0.860. The maximum Gasteiger partial charge on any atom is 0.258 e. The van der Waals surface area contributed by atoms with Crippen LogP contribution < -0.4 is 10.3 Å². The van der Waals surface area contributed by atoms with Crippen molar-refractivity contribution in [3.8, 4) is 5.75 Å². The molecule has 0 fully saturated rings. The first-order chi connectivity index (χ1) is 13.1. The molecule has 0 saturated heterocycles. The molecular formula is C22H25N3O2. The summed E-state index contributed by atoms with van der Waals surface area (Å²) in [6.07, 6.45) is 1.75. The van der Waals surface area contributed by atoms with Gasteiger partial charge < -0.3 is 19.6 Å². The standard InChI is InChI=1S/C22H25N3O2/c1-4-25(5-2)10-11-27-16-7-8-17-15(12-16)6-9-18-19(17)20-21(24-18)14(3)13-23-22(20)26/h6-9,12-13,24H,4-5,10-11H2,1-3H3,(H,23,26). The van der Waals surface area contributed by atoms with Gasteiger partial charge in [-0.15, -0.1) is 0 Å². The van der Waals surface area contributed by atoms with Crippen molar-refractivity contribution in [2.45, 2.75) is 20.8 Å². The lowest BCUT2D eigenvalue weighted by molar-refractivity contribution is 0.223. The largest absolute Gasteiger partial charge is 0.492 e. The van der Waals surface area contributed by atoms with Crippen LogP contribution in [0.3, 0.4) is 0 Å². The van der Waals surface area contributed by atoms with Gasteiger partial charge in [-0.1, -0.05) is 19.9 Å². The Morgan fingerprint density at radius 2 is 1.89 bits per heavy atom. The predicted molar refractivity (Wildman–Crippen MR) is 112 cm³/mol. The van der Waals surface area contributed by atoms with Crippen molar-refractivity contribution in [3.05, 3.63) is 52.4 Å². The molecule has 0 spiro atoms. The molecule has 0 amide bonds. The lowest BCUT2D eigenvalue weighted by Crippen LogP contribution is -2.27. The summed E-state index contributed by atoms with van der Waals surface area (Å²) in [6.45, 7) is 9.97. The molecule has 0 bridgehead atoms. The van der Waals surface area contributed by atoms with Gasteiger partial charge in [0.25, 0.3) is 5.56 Å². The molecule has 2 N–H and O–H groups in total. The monoisotopic (exact) mass is 363 g/mol. The molecule has 140 valence electrons. The van der Waals surface area contributed by atoms with Gasteiger partial charge in [0.15, 0.2) is 0 Å². The third-order valence-electron chi connectivity index (χ3n) is 5.36. The second-order valence-electron chi connectivity index (χ2n) is 6.92. The molecule has 0 atom stereocenters. The summed E-state index contributed by atoms with van der Waals surface area (Å²) in [7, 11) is 0. The zero-order valence-electron chi connectivity index (χ0n) is 16.1. The maximum absolute atomic E-state index is 12.5. The molecule has 0 radical (unpaired) electrons. The van der Waals surface area contributed by atoms with Crippen LogP contribution in [0.2, 0.25) is 0 Å². The van der Waals surface area contributed by atoms with Crippen LogP contribution in [0.4, 0.5) is 0 Å². The minimum Gasteiger partial charge on any atom is -0.492 e. The van der Waals surface area contributed by atoms with Crippen molar-refractivity contribution in [1.29, 1.82) is 0 Å². The Kier molecular flexibility index (Phi) is 4.62. The van der Waals surface area contributed by atoms with E-state index in [9.17, 15) is 4.79 Å². The average Bonchev–Trinajstić information content (AvgIpc) is 3.09. The molecule has 0 aliphatic heterocycles. The number of nitrogens with zero attached hydrogens (tertiary/aromatic N) is 1. The third-order valence-corrected chi connectivity index (χ3v) is 5.36. The molecule has 2 aromatic heterocycles. The van der Waals surface area contributed by atoms with Gasteiger partial charge in [0.1, 0.15) is 12.4 Å². The van der Waals surface area contributed by atoms with E-state index >= 15 is 0 Å². The van der Waals surface area contributed by atoms with Crippen LogP contribution in [0, 0.1) is 6.92 Å². The van der Waals surface area contributed by atoms with Crippen molar-refractivity contribution in [2.75, 3.05) is 26.2 Å². The van der Waals surface area contributed by atoms with Gasteiger partial charge in [-0.25, -0.2) is 0 Å². The van der Waals surface area contributed by atoms with Crippen molar-refractivity contribution in [2.24, 2.45) is 0 Å². The Balaban J connectivity index is 1.75. The van der Waals surface area contributed by atoms with E-state index in [4.69, 9.17) is 4.74 Å². The van der Waals surface area contributed by atoms with E-state index in [1.807, 2.05) is 19.1 Å². The van der Waals surface area contributed by atoms with Gasteiger partial charge in [-0.05, 0) is 60.6 Å². The second kappa shape index (κ2) is 7.08. The molecule has 0 aliphatic carbocycles. The SMILES string of the molecule is CCN(CC)CCOc1ccc2c(ccc3[nH]c4c(C)c[nH]c(=O)c4c32)c1. The number of rotatable bonds is 6. The van der Waals surface area contributed by atoms with Crippen LogP contribution in [-0.2, 0) is 0 Å². The van der Waals surface area contributed by atoms with Crippen LogP contribution in [0.5, 0.6) is 5.75 Å². The number of nitrogens with one attached hydrogen (secondary N) is 2. The van der Waals surface area contributed by atoms with E-state index in [2.05, 4.69) is 46.9 Å². The predicted octanol–water partition coefficient (Wildman–Crippen LogP) is 4.19. The Labute approximate surface area is 157 Å². The minimum absolute atomic E-state index is 0.0612. The fraction of sp³-hybridized carbons (Fsp3) is 0.318. The Hall–Kier alpha value is -2.79. The van der Waals surface area contributed by atoms with Crippen molar-refractivity contribution in [1.82, 2.24) is 14.9 Å². The zero-order chi connectivity index (χ0) is 19.0. The zero-order valence-corrected chi connectivity index (χ0v) is 16.1. The van der Waals surface area contributed by atoms with E-state index < -0.39 is 0 Å². The van der Waals surface area contributed by atoms with Gasteiger partial charge in [-0.3, -0.25) is 4.79 Å². The summed E-state index contributed by atoms with van der Waals surface area (Å²) in [5.41, 5.74) is 2.85. The number of pyridine rings is 1. The summed E-state index contributed by atoms with van der Waals surface area (Å²) < 4.78 is 5.95. The molecule has 0 aliphatic rings. The molecule has 0 unspecified atom stereocenters. The number of aromatic nitrogens is 2. The quantitative estimate of drug-likeness (QED) is 0.540. The first-order valence-corrected chi connectivity index (χ1v) is 9.54. The highest BCUT2D eigenvalue weighted by molar-refractivity contribution is 6.20. The van der Waals surface area contributed by atoms with Crippen molar-refractivity contribution < 1.29 is 4.74 Å². The Morgan fingerprint density at radius 3 is 2.67 bits per heavy atom. The number of hydrogen-bond acceptors (Lipinski definition) is 3. The first-order valence-electron chi connectivity index (χ1n) is 9.54. The van der Waals surface area contributed by atoms with Crippen molar-refractivity contribution >= 4 is 32.6 Å². The fourth-order valence-corrected chi connectivity index (χ4v) is 3.77. The molecule has 4 rings (SSSR count). The summed E-state index contributed by atoms with van der Waals surface area (Å²) in [5, 5.41) is 3.84. The lowest BCUT2D eigenvalue weighted by atomic mass is 10.0. The highest BCUT2D eigenvalue weighted by atomic mass is 16.5.